The van der Waals surface area contributed by atoms with Crippen molar-refractivity contribution in [3.8, 4) is 0 Å². The average molecular weight is 716 g/mol. The van der Waals surface area contributed by atoms with Crippen LogP contribution in [0.5, 0.6) is 0 Å². The highest BCUT2D eigenvalue weighted by Crippen LogP contribution is 2.12. The molecule has 3 N–H and O–H groups in total. The normalized spacial score (nSPS) is 13.3. The second-order valence-corrected chi connectivity index (χ2v) is 14.3. The topological polar surface area (TPSA) is 95.9 Å². The third-order valence-corrected chi connectivity index (χ3v) is 9.29. The van der Waals surface area contributed by atoms with Crippen molar-refractivity contribution in [2.45, 2.75) is 212 Å². The number of aliphatic hydroxyl groups is 2. The zero-order valence-corrected chi connectivity index (χ0v) is 33.3. The fraction of sp³-hybridized carbons (Fsp3) is 0.778. The van der Waals surface area contributed by atoms with Gasteiger partial charge in [-0.25, -0.2) is 0 Å². The van der Waals surface area contributed by atoms with Crippen molar-refractivity contribution in [1.29, 1.82) is 0 Å². The van der Waals surface area contributed by atoms with Gasteiger partial charge in [0.1, 0.15) is 0 Å². The van der Waals surface area contributed by atoms with Crippen LogP contribution < -0.4 is 5.32 Å². The van der Waals surface area contributed by atoms with Gasteiger partial charge in [0.15, 0.2) is 0 Å². The quantitative estimate of drug-likeness (QED) is 0.0336. The van der Waals surface area contributed by atoms with Gasteiger partial charge in [0.05, 0.1) is 25.4 Å². The van der Waals surface area contributed by atoms with Gasteiger partial charge in [0.2, 0.25) is 5.91 Å². The lowest BCUT2D eigenvalue weighted by Gasteiger charge is -2.20. The van der Waals surface area contributed by atoms with Crippen molar-refractivity contribution in [3.63, 3.8) is 0 Å². The largest absolute Gasteiger partial charge is 0.466 e. The highest BCUT2D eigenvalue weighted by molar-refractivity contribution is 5.76. The van der Waals surface area contributed by atoms with E-state index < -0.39 is 12.1 Å². The first-order valence-corrected chi connectivity index (χ1v) is 21.4. The van der Waals surface area contributed by atoms with Gasteiger partial charge in [-0.2, -0.15) is 0 Å². The SMILES string of the molecule is CCC/C=C\C/C=C\CCCCCCCC(=O)OCCCC/C=C\CCCCCCC(=O)NC(CO)C(O)/C=C/CCCCCCCCCCC. The van der Waals surface area contributed by atoms with Crippen LogP contribution in [0.15, 0.2) is 48.6 Å². The van der Waals surface area contributed by atoms with Crippen LogP contribution in [0.25, 0.3) is 0 Å². The molecule has 0 aromatic carbocycles. The van der Waals surface area contributed by atoms with Gasteiger partial charge in [-0.3, -0.25) is 9.59 Å². The molecule has 0 heterocycles. The molecule has 0 spiro atoms. The van der Waals surface area contributed by atoms with E-state index in [0.717, 1.165) is 89.9 Å². The molecule has 2 atom stereocenters. The average Bonchev–Trinajstić information content (AvgIpc) is 3.13. The first kappa shape index (κ1) is 48.8. The molecule has 51 heavy (non-hydrogen) atoms. The number of carbonyl (C=O) groups excluding carboxylic acids is 2. The predicted molar refractivity (Wildman–Crippen MR) is 218 cm³/mol. The van der Waals surface area contributed by atoms with Crippen LogP contribution in [-0.2, 0) is 14.3 Å². The van der Waals surface area contributed by atoms with Gasteiger partial charge < -0.3 is 20.3 Å². The Bertz CT molecular complexity index is 880. The van der Waals surface area contributed by atoms with E-state index in [1.807, 2.05) is 6.08 Å². The van der Waals surface area contributed by atoms with Crippen molar-refractivity contribution in [3.05, 3.63) is 48.6 Å². The zero-order chi connectivity index (χ0) is 37.3. The molecule has 0 aromatic heterocycles. The summed E-state index contributed by atoms with van der Waals surface area (Å²) in [5.41, 5.74) is 0. The number of hydrogen-bond donors (Lipinski definition) is 3. The molecule has 6 heteroatoms. The maximum atomic E-state index is 12.3. The van der Waals surface area contributed by atoms with Gasteiger partial charge >= 0.3 is 5.97 Å². The maximum absolute atomic E-state index is 12.3. The summed E-state index contributed by atoms with van der Waals surface area (Å²) >= 11 is 0. The van der Waals surface area contributed by atoms with Crippen molar-refractivity contribution >= 4 is 11.9 Å². The van der Waals surface area contributed by atoms with Crippen LogP contribution in [0.2, 0.25) is 0 Å². The molecular formula is C45H81NO5. The lowest BCUT2D eigenvalue weighted by molar-refractivity contribution is -0.143. The third-order valence-electron chi connectivity index (χ3n) is 9.29. The van der Waals surface area contributed by atoms with E-state index in [1.54, 1.807) is 6.08 Å². The van der Waals surface area contributed by atoms with Crippen LogP contribution in [0, 0.1) is 0 Å². The molecule has 6 nitrogen and oxygen atoms in total. The summed E-state index contributed by atoms with van der Waals surface area (Å²) in [5.74, 6) is -0.165. The molecule has 0 aromatic rings. The molecule has 1 amide bonds. The van der Waals surface area contributed by atoms with Crippen molar-refractivity contribution in [1.82, 2.24) is 5.32 Å². The van der Waals surface area contributed by atoms with E-state index in [4.69, 9.17) is 4.74 Å². The molecule has 0 aliphatic carbocycles. The summed E-state index contributed by atoms with van der Waals surface area (Å²) < 4.78 is 5.40. The Hall–Kier alpha value is -2.18. The van der Waals surface area contributed by atoms with E-state index in [0.29, 0.717) is 19.4 Å². The molecule has 2 unspecified atom stereocenters. The Labute approximate surface area is 315 Å². The summed E-state index contributed by atoms with van der Waals surface area (Å²) in [4.78, 5) is 24.3. The Morgan fingerprint density at radius 1 is 0.549 bits per heavy atom. The number of hydrogen-bond acceptors (Lipinski definition) is 5. The molecule has 0 rings (SSSR count). The van der Waals surface area contributed by atoms with E-state index in [1.165, 1.54) is 83.5 Å². The molecule has 0 aliphatic rings. The highest BCUT2D eigenvalue weighted by atomic mass is 16.5. The number of ether oxygens (including phenoxy) is 1. The van der Waals surface area contributed by atoms with Crippen LogP contribution in [-0.4, -0.2) is 47.4 Å². The number of allylic oxidation sites excluding steroid dienone is 7. The summed E-state index contributed by atoms with van der Waals surface area (Å²) in [5, 5.41) is 22.9. The number of carbonyl (C=O) groups is 2. The minimum Gasteiger partial charge on any atom is -0.466 e. The zero-order valence-electron chi connectivity index (χ0n) is 33.3. The van der Waals surface area contributed by atoms with Gasteiger partial charge in [-0.15, -0.1) is 0 Å². The van der Waals surface area contributed by atoms with Crippen LogP contribution in [0.1, 0.15) is 200 Å². The molecule has 0 fully saturated rings. The Balaban J connectivity index is 3.61. The highest BCUT2D eigenvalue weighted by Gasteiger charge is 2.17. The second-order valence-electron chi connectivity index (χ2n) is 14.3. The minimum absolute atomic E-state index is 0.0557. The smallest absolute Gasteiger partial charge is 0.305 e. The third kappa shape index (κ3) is 37.4. The number of amides is 1. The fourth-order valence-electron chi connectivity index (χ4n) is 5.96. The fourth-order valence-corrected chi connectivity index (χ4v) is 5.96. The van der Waals surface area contributed by atoms with Gasteiger partial charge in [-0.1, -0.05) is 152 Å². The number of aliphatic hydroxyl groups excluding tert-OH is 2. The van der Waals surface area contributed by atoms with Crippen LogP contribution in [0.4, 0.5) is 0 Å². The number of unbranched alkanes of at least 4 members (excludes halogenated alkanes) is 21. The van der Waals surface area contributed by atoms with Crippen molar-refractivity contribution in [2.75, 3.05) is 13.2 Å². The standard InChI is InChI=1S/C45H81NO5/c1-3-5-7-9-11-13-15-16-18-23-27-31-35-39-45(50)51-40-36-32-28-24-20-19-22-26-30-34-38-44(49)46-42(41-47)43(48)37-33-29-25-21-17-14-12-10-8-6-4-2/h7,9,13,15,20,24,33,37,42-43,47-48H,3-6,8,10-12,14,16-19,21-23,25-32,34-36,38-41H2,1-2H3,(H,46,49)/b9-7-,15-13-,24-20-,37-33+. The van der Waals surface area contributed by atoms with Crippen LogP contribution in [0.3, 0.4) is 0 Å². The van der Waals surface area contributed by atoms with Gasteiger partial charge in [-0.05, 0) is 83.5 Å². The van der Waals surface area contributed by atoms with E-state index in [2.05, 4.69) is 55.6 Å². The second kappa shape index (κ2) is 40.6. The Morgan fingerprint density at radius 2 is 1.02 bits per heavy atom. The molecule has 296 valence electrons. The summed E-state index contributed by atoms with van der Waals surface area (Å²) in [7, 11) is 0. The van der Waals surface area contributed by atoms with Gasteiger partial charge in [0, 0.05) is 12.8 Å². The molecule has 0 saturated carbocycles. The first-order chi connectivity index (χ1) is 25.0. The van der Waals surface area contributed by atoms with Crippen LogP contribution >= 0.6 is 0 Å². The summed E-state index contributed by atoms with van der Waals surface area (Å²) in [6, 6.07) is -0.653. The minimum atomic E-state index is -0.865. The first-order valence-electron chi connectivity index (χ1n) is 21.4. The van der Waals surface area contributed by atoms with Crippen molar-refractivity contribution in [2.24, 2.45) is 0 Å². The van der Waals surface area contributed by atoms with E-state index in [-0.39, 0.29) is 18.5 Å². The Morgan fingerprint density at radius 3 is 1.59 bits per heavy atom. The molecule has 0 aliphatic heterocycles. The monoisotopic (exact) mass is 716 g/mol. The van der Waals surface area contributed by atoms with Crippen molar-refractivity contribution < 1.29 is 24.5 Å². The summed E-state index contributed by atoms with van der Waals surface area (Å²) in [6.45, 7) is 4.70. The lowest BCUT2D eigenvalue weighted by atomic mass is 10.1. The maximum Gasteiger partial charge on any atom is 0.305 e. The number of rotatable bonds is 38. The van der Waals surface area contributed by atoms with E-state index in [9.17, 15) is 19.8 Å². The predicted octanol–water partition coefficient (Wildman–Crippen LogP) is 11.9. The van der Waals surface area contributed by atoms with Gasteiger partial charge in [0.25, 0.3) is 0 Å². The number of nitrogens with one attached hydrogen (secondary N) is 1. The molecular weight excluding hydrogens is 634 g/mol. The van der Waals surface area contributed by atoms with E-state index >= 15 is 0 Å². The number of esters is 1. The molecule has 0 bridgehead atoms. The summed E-state index contributed by atoms with van der Waals surface area (Å²) in [6.07, 6.45) is 48.1. The molecule has 0 radical (unpaired) electrons. The molecule has 0 saturated heterocycles. The Kier molecular flexibility index (Phi) is 38.9. The lowest BCUT2D eigenvalue weighted by Crippen LogP contribution is -2.45.